The molecule has 0 saturated carbocycles. The highest BCUT2D eigenvalue weighted by molar-refractivity contribution is 14.1. The quantitative estimate of drug-likeness (QED) is 0.659. The van der Waals surface area contributed by atoms with E-state index in [0.29, 0.717) is 21.7 Å². The number of benzene rings is 1. The summed E-state index contributed by atoms with van der Waals surface area (Å²) in [5, 5.41) is 9.16. The van der Waals surface area contributed by atoms with Gasteiger partial charge in [0.2, 0.25) is 0 Å². The fraction of sp³-hybridized carbons (Fsp3) is 0. The summed E-state index contributed by atoms with van der Waals surface area (Å²) in [4.78, 5) is 20.8. The Kier molecular flexibility index (Phi) is 2.80. The van der Waals surface area contributed by atoms with E-state index >= 15 is 0 Å². The third kappa shape index (κ3) is 1.47. The van der Waals surface area contributed by atoms with E-state index in [1.807, 2.05) is 22.6 Å². The van der Waals surface area contributed by atoms with Crippen LogP contribution in [0.4, 0.5) is 0 Å². The summed E-state index contributed by atoms with van der Waals surface area (Å²) in [5.74, 6) is -0.0972. The molecule has 4 heteroatoms. The molecule has 0 aliphatic rings. The van der Waals surface area contributed by atoms with Gasteiger partial charge >= 0.3 is 0 Å². The fourth-order valence-electron chi connectivity index (χ4n) is 0.803. The molecule has 12 heavy (non-hydrogen) atoms. The lowest BCUT2D eigenvalue weighted by Gasteiger charge is -2.01. The summed E-state index contributed by atoms with van der Waals surface area (Å²) < 4.78 is 0.484. The number of aldehydes is 2. The molecule has 0 heterocycles. The van der Waals surface area contributed by atoms with Crippen molar-refractivity contribution in [2.24, 2.45) is 0 Å². The lowest BCUT2D eigenvalue weighted by molar-refractivity contribution is 0.112. The predicted molar refractivity (Wildman–Crippen MR) is 51.6 cm³/mol. The molecule has 0 radical (unpaired) electrons. The van der Waals surface area contributed by atoms with Crippen molar-refractivity contribution in [2.45, 2.75) is 0 Å². The normalized spacial score (nSPS) is 9.42. The molecule has 0 bridgehead atoms. The molecule has 62 valence electrons. The monoisotopic (exact) mass is 276 g/mol. The lowest BCUT2D eigenvalue weighted by Crippen LogP contribution is -1.93. The summed E-state index contributed by atoms with van der Waals surface area (Å²) >= 11 is 1.84. The second kappa shape index (κ2) is 3.66. The number of halogens is 1. The van der Waals surface area contributed by atoms with E-state index in [2.05, 4.69) is 0 Å². The summed E-state index contributed by atoms with van der Waals surface area (Å²) in [6.45, 7) is 0. The van der Waals surface area contributed by atoms with Gasteiger partial charge in [-0.3, -0.25) is 9.59 Å². The molecule has 1 rings (SSSR count). The summed E-state index contributed by atoms with van der Waals surface area (Å²) in [7, 11) is 0. The Hall–Kier alpha value is -0.910. The third-order valence-corrected chi connectivity index (χ3v) is 2.64. The zero-order chi connectivity index (χ0) is 9.14. The minimum atomic E-state index is -0.0972. The topological polar surface area (TPSA) is 54.4 Å². The van der Waals surface area contributed by atoms with Crippen molar-refractivity contribution in [1.82, 2.24) is 0 Å². The number of aromatic hydroxyl groups is 1. The van der Waals surface area contributed by atoms with Crippen molar-refractivity contribution in [2.75, 3.05) is 0 Å². The zero-order valence-electron chi connectivity index (χ0n) is 5.95. The molecule has 0 aromatic heterocycles. The molecule has 1 aromatic carbocycles. The Labute approximate surface area is 82.5 Å². The van der Waals surface area contributed by atoms with Crippen LogP contribution in [0.3, 0.4) is 0 Å². The Balaban J connectivity index is 3.43. The van der Waals surface area contributed by atoms with Gasteiger partial charge in [0.25, 0.3) is 0 Å². The van der Waals surface area contributed by atoms with Gasteiger partial charge < -0.3 is 5.11 Å². The van der Waals surface area contributed by atoms with E-state index in [9.17, 15) is 9.59 Å². The van der Waals surface area contributed by atoms with Gasteiger partial charge in [0, 0.05) is 9.13 Å². The lowest BCUT2D eigenvalue weighted by atomic mass is 10.1. The van der Waals surface area contributed by atoms with Gasteiger partial charge in [0.05, 0.1) is 5.56 Å². The van der Waals surface area contributed by atoms with Crippen LogP contribution in [0.2, 0.25) is 0 Å². The molecule has 3 nitrogen and oxygen atoms in total. The van der Waals surface area contributed by atoms with Gasteiger partial charge in [0.1, 0.15) is 5.75 Å². The maximum Gasteiger partial charge on any atom is 0.154 e. The third-order valence-electron chi connectivity index (χ3n) is 1.43. The van der Waals surface area contributed by atoms with Gasteiger partial charge in [-0.25, -0.2) is 0 Å². The van der Waals surface area contributed by atoms with Gasteiger partial charge in [-0.1, -0.05) is 0 Å². The molecule has 0 saturated heterocycles. The smallest absolute Gasteiger partial charge is 0.154 e. The van der Waals surface area contributed by atoms with Crippen molar-refractivity contribution in [3.8, 4) is 5.75 Å². The highest BCUT2D eigenvalue weighted by Crippen LogP contribution is 2.23. The Morgan fingerprint density at radius 3 is 2.42 bits per heavy atom. The minimum Gasteiger partial charge on any atom is -0.507 e. The summed E-state index contributed by atoms with van der Waals surface area (Å²) in [6, 6.07) is 2.80. The molecular formula is C8H5IO3. The molecule has 0 unspecified atom stereocenters. The van der Waals surface area contributed by atoms with Crippen LogP contribution < -0.4 is 0 Å². The fourth-order valence-corrected chi connectivity index (χ4v) is 1.51. The van der Waals surface area contributed by atoms with Crippen LogP contribution in [-0.4, -0.2) is 17.7 Å². The Bertz CT molecular complexity index is 333. The van der Waals surface area contributed by atoms with Crippen LogP contribution in [0.5, 0.6) is 5.75 Å². The standard InChI is InChI=1S/C8H5IO3/c9-8-5(3-10)1-2-7(12)6(8)4-11/h1-4,12H. The molecule has 1 aromatic rings. The van der Waals surface area contributed by atoms with Crippen LogP contribution in [0.25, 0.3) is 0 Å². The van der Waals surface area contributed by atoms with E-state index in [1.54, 1.807) is 0 Å². The first-order valence-electron chi connectivity index (χ1n) is 3.12. The highest BCUT2D eigenvalue weighted by Gasteiger charge is 2.08. The highest BCUT2D eigenvalue weighted by atomic mass is 127. The molecule has 0 aliphatic carbocycles. The van der Waals surface area contributed by atoms with Crippen LogP contribution >= 0.6 is 22.6 Å². The van der Waals surface area contributed by atoms with Crippen molar-refractivity contribution in [1.29, 1.82) is 0 Å². The zero-order valence-corrected chi connectivity index (χ0v) is 8.11. The maximum absolute atomic E-state index is 10.4. The number of phenolic OH excluding ortho intramolecular Hbond substituents is 1. The molecule has 0 amide bonds. The van der Waals surface area contributed by atoms with Crippen LogP contribution in [0, 0.1) is 3.57 Å². The first-order chi connectivity index (χ1) is 5.70. The summed E-state index contributed by atoms with van der Waals surface area (Å²) in [5.41, 5.74) is 0.579. The van der Waals surface area contributed by atoms with Crippen molar-refractivity contribution < 1.29 is 14.7 Å². The predicted octanol–water partition coefficient (Wildman–Crippen LogP) is 1.62. The first-order valence-corrected chi connectivity index (χ1v) is 4.20. The van der Waals surface area contributed by atoms with Crippen molar-refractivity contribution in [3.63, 3.8) is 0 Å². The average Bonchev–Trinajstić information content (AvgIpc) is 2.06. The molecule has 1 N–H and O–H groups in total. The van der Waals surface area contributed by atoms with Gasteiger partial charge in [-0.15, -0.1) is 0 Å². The van der Waals surface area contributed by atoms with Gasteiger partial charge in [0.15, 0.2) is 12.6 Å². The van der Waals surface area contributed by atoms with Crippen LogP contribution in [-0.2, 0) is 0 Å². The number of hydrogen-bond donors (Lipinski definition) is 1. The van der Waals surface area contributed by atoms with E-state index in [1.165, 1.54) is 12.1 Å². The Morgan fingerprint density at radius 2 is 1.92 bits per heavy atom. The molecule has 0 spiro atoms. The molecular weight excluding hydrogens is 271 g/mol. The molecule has 0 fully saturated rings. The van der Waals surface area contributed by atoms with E-state index in [0.717, 1.165) is 0 Å². The van der Waals surface area contributed by atoms with E-state index < -0.39 is 0 Å². The number of carbonyl (C=O) groups excluding carboxylic acids is 2. The van der Waals surface area contributed by atoms with Crippen LogP contribution in [0.1, 0.15) is 20.7 Å². The SMILES string of the molecule is O=Cc1ccc(O)c(C=O)c1I. The van der Waals surface area contributed by atoms with Gasteiger partial charge in [-0.05, 0) is 34.7 Å². The van der Waals surface area contributed by atoms with Crippen molar-refractivity contribution >= 4 is 35.2 Å². The second-order valence-electron chi connectivity index (χ2n) is 2.14. The number of rotatable bonds is 2. The van der Waals surface area contributed by atoms with Crippen LogP contribution in [0.15, 0.2) is 12.1 Å². The number of carbonyl (C=O) groups is 2. The van der Waals surface area contributed by atoms with E-state index in [-0.39, 0.29) is 11.3 Å². The minimum absolute atomic E-state index is 0.0972. The number of phenols is 1. The molecule has 0 aliphatic heterocycles. The summed E-state index contributed by atoms with van der Waals surface area (Å²) in [6.07, 6.45) is 1.18. The largest absolute Gasteiger partial charge is 0.507 e. The number of hydrogen-bond acceptors (Lipinski definition) is 3. The van der Waals surface area contributed by atoms with Crippen molar-refractivity contribution in [3.05, 3.63) is 26.8 Å². The van der Waals surface area contributed by atoms with Gasteiger partial charge in [-0.2, -0.15) is 0 Å². The maximum atomic E-state index is 10.4. The average molecular weight is 276 g/mol. The van der Waals surface area contributed by atoms with E-state index in [4.69, 9.17) is 5.11 Å². The Morgan fingerprint density at radius 1 is 1.25 bits per heavy atom. The molecule has 0 atom stereocenters. The first kappa shape index (κ1) is 9.18. The second-order valence-corrected chi connectivity index (χ2v) is 3.22.